The zero-order valence-electron chi connectivity index (χ0n) is 21.0. The molecule has 0 fully saturated rings. The Kier molecular flexibility index (Phi) is 7.95. The highest BCUT2D eigenvalue weighted by Crippen LogP contribution is 2.38. The van der Waals surface area contributed by atoms with Gasteiger partial charge in [-0.25, -0.2) is 4.98 Å². The summed E-state index contributed by atoms with van der Waals surface area (Å²) in [5.41, 5.74) is 3.54. The highest BCUT2D eigenvalue weighted by atomic mass is 16.5. The number of benzene rings is 3. The van der Waals surface area contributed by atoms with Gasteiger partial charge in [-0.2, -0.15) is 0 Å². The van der Waals surface area contributed by atoms with E-state index in [-0.39, 0.29) is 5.91 Å². The van der Waals surface area contributed by atoms with Crippen molar-refractivity contribution in [3.63, 3.8) is 0 Å². The van der Waals surface area contributed by atoms with E-state index < -0.39 is 0 Å². The predicted octanol–water partition coefficient (Wildman–Crippen LogP) is 4.48. The molecule has 1 N–H and O–H groups in total. The maximum absolute atomic E-state index is 12.8. The molecule has 36 heavy (non-hydrogen) atoms. The fourth-order valence-electron chi connectivity index (χ4n) is 4.26. The Morgan fingerprint density at radius 2 is 1.53 bits per heavy atom. The normalized spacial score (nSPS) is 10.8. The molecule has 3 aromatic carbocycles. The fraction of sp³-hybridized carbons (Fsp3) is 0.286. The van der Waals surface area contributed by atoms with Gasteiger partial charge in [0.25, 0.3) is 5.91 Å². The number of rotatable bonds is 11. The summed E-state index contributed by atoms with van der Waals surface area (Å²) in [4.78, 5) is 17.7. The van der Waals surface area contributed by atoms with Gasteiger partial charge in [-0.1, -0.05) is 30.3 Å². The molecule has 8 nitrogen and oxygen atoms in total. The number of carbonyl (C=O) groups excluding carboxylic acids is 1. The summed E-state index contributed by atoms with van der Waals surface area (Å²) >= 11 is 0. The van der Waals surface area contributed by atoms with Crippen LogP contribution in [0.4, 0.5) is 0 Å². The largest absolute Gasteiger partial charge is 0.496 e. The van der Waals surface area contributed by atoms with Gasteiger partial charge in [0.1, 0.15) is 11.6 Å². The van der Waals surface area contributed by atoms with Crippen LogP contribution in [-0.4, -0.2) is 50.4 Å². The fourth-order valence-corrected chi connectivity index (χ4v) is 4.26. The zero-order valence-corrected chi connectivity index (χ0v) is 21.0. The quantitative estimate of drug-likeness (QED) is 0.313. The van der Waals surface area contributed by atoms with Gasteiger partial charge in [0.15, 0.2) is 11.5 Å². The van der Waals surface area contributed by atoms with Gasteiger partial charge >= 0.3 is 0 Å². The highest BCUT2D eigenvalue weighted by Gasteiger charge is 2.17. The van der Waals surface area contributed by atoms with E-state index in [4.69, 9.17) is 23.9 Å². The highest BCUT2D eigenvalue weighted by molar-refractivity contribution is 5.95. The molecule has 4 rings (SSSR count). The van der Waals surface area contributed by atoms with Crippen LogP contribution in [0.2, 0.25) is 0 Å². The van der Waals surface area contributed by atoms with Crippen LogP contribution in [0.1, 0.15) is 28.2 Å². The molecule has 0 unspecified atom stereocenters. The summed E-state index contributed by atoms with van der Waals surface area (Å²) in [6.45, 7) is 1.14. The number of aromatic nitrogens is 2. The standard InChI is InChI=1S/C28H31N3O5/c1-33-23-13-8-5-10-19(23)18-31-22-12-7-6-11-21(22)30-26(31)14-9-15-29-28(32)20-16-24(34-2)27(36-4)25(17-20)35-3/h5-8,10-13,16-17H,9,14-15,18H2,1-4H3,(H,29,32). The number of nitrogens with zero attached hydrogens (tertiary/aromatic N) is 2. The van der Waals surface area contributed by atoms with Crippen LogP contribution in [0.25, 0.3) is 11.0 Å². The smallest absolute Gasteiger partial charge is 0.251 e. The lowest BCUT2D eigenvalue weighted by Gasteiger charge is -2.14. The molecule has 1 amide bonds. The number of para-hydroxylation sites is 3. The summed E-state index contributed by atoms with van der Waals surface area (Å²) in [7, 11) is 6.26. The summed E-state index contributed by atoms with van der Waals surface area (Å²) in [6, 6.07) is 19.4. The van der Waals surface area contributed by atoms with Crippen molar-refractivity contribution in [3.05, 3.63) is 77.6 Å². The van der Waals surface area contributed by atoms with Crippen molar-refractivity contribution in [3.8, 4) is 23.0 Å². The maximum atomic E-state index is 12.8. The molecule has 0 saturated carbocycles. The van der Waals surface area contributed by atoms with E-state index in [9.17, 15) is 4.79 Å². The van der Waals surface area contributed by atoms with Crippen molar-refractivity contribution in [2.24, 2.45) is 0 Å². The summed E-state index contributed by atoms with van der Waals surface area (Å²) in [5.74, 6) is 2.92. The number of imidazole rings is 1. The van der Waals surface area contributed by atoms with Gasteiger partial charge in [-0.15, -0.1) is 0 Å². The van der Waals surface area contributed by atoms with E-state index in [1.165, 1.54) is 21.3 Å². The Morgan fingerprint density at radius 1 is 0.861 bits per heavy atom. The minimum absolute atomic E-state index is 0.211. The molecule has 1 heterocycles. The lowest BCUT2D eigenvalue weighted by atomic mass is 10.1. The predicted molar refractivity (Wildman–Crippen MR) is 139 cm³/mol. The molecule has 188 valence electrons. The van der Waals surface area contributed by atoms with Crippen LogP contribution in [-0.2, 0) is 13.0 Å². The van der Waals surface area contributed by atoms with Crippen molar-refractivity contribution in [1.29, 1.82) is 0 Å². The minimum Gasteiger partial charge on any atom is -0.496 e. The number of methoxy groups -OCH3 is 4. The van der Waals surface area contributed by atoms with Gasteiger partial charge in [-0.3, -0.25) is 4.79 Å². The van der Waals surface area contributed by atoms with Gasteiger partial charge in [0.05, 0.1) is 46.0 Å². The first-order chi connectivity index (χ1) is 17.6. The molecule has 0 atom stereocenters. The third kappa shape index (κ3) is 5.22. The second-order valence-corrected chi connectivity index (χ2v) is 8.19. The number of ether oxygens (including phenoxy) is 4. The second kappa shape index (κ2) is 11.5. The lowest BCUT2D eigenvalue weighted by molar-refractivity contribution is 0.0952. The van der Waals surface area contributed by atoms with Crippen molar-refractivity contribution < 1.29 is 23.7 Å². The van der Waals surface area contributed by atoms with Crippen LogP contribution < -0.4 is 24.3 Å². The van der Waals surface area contributed by atoms with Crippen LogP contribution in [0, 0.1) is 0 Å². The van der Waals surface area contributed by atoms with Crippen LogP contribution >= 0.6 is 0 Å². The van der Waals surface area contributed by atoms with Crippen molar-refractivity contribution in [2.75, 3.05) is 35.0 Å². The third-order valence-corrected chi connectivity index (χ3v) is 6.04. The van der Waals surface area contributed by atoms with E-state index in [1.807, 2.05) is 36.4 Å². The first-order valence-electron chi connectivity index (χ1n) is 11.7. The second-order valence-electron chi connectivity index (χ2n) is 8.19. The van der Waals surface area contributed by atoms with Crippen LogP contribution in [0.5, 0.6) is 23.0 Å². The van der Waals surface area contributed by atoms with Gasteiger partial charge in [-0.05, 0) is 36.8 Å². The van der Waals surface area contributed by atoms with Crippen molar-refractivity contribution in [2.45, 2.75) is 19.4 Å². The average Bonchev–Trinajstić information content (AvgIpc) is 3.27. The van der Waals surface area contributed by atoms with E-state index in [2.05, 4.69) is 22.0 Å². The van der Waals surface area contributed by atoms with E-state index in [1.54, 1.807) is 19.2 Å². The van der Waals surface area contributed by atoms with Gasteiger partial charge < -0.3 is 28.8 Å². The Labute approximate surface area is 210 Å². The molecule has 0 saturated heterocycles. The number of aryl methyl sites for hydroxylation is 1. The van der Waals surface area contributed by atoms with E-state index in [0.717, 1.165) is 34.6 Å². The molecular formula is C28H31N3O5. The molecule has 0 aliphatic rings. The number of carbonyl (C=O) groups is 1. The Hall–Kier alpha value is -4.20. The summed E-state index contributed by atoms with van der Waals surface area (Å²) < 4.78 is 23.8. The van der Waals surface area contributed by atoms with Crippen LogP contribution in [0.15, 0.2) is 60.7 Å². The molecule has 0 radical (unpaired) electrons. The SMILES string of the molecule is COc1ccccc1Cn1c(CCCNC(=O)c2cc(OC)c(OC)c(OC)c2)nc2ccccc21. The van der Waals surface area contributed by atoms with Gasteiger partial charge in [0, 0.05) is 24.1 Å². The molecule has 0 bridgehead atoms. The molecule has 4 aromatic rings. The van der Waals surface area contributed by atoms with Gasteiger partial charge in [0.2, 0.25) is 5.75 Å². The number of nitrogens with one attached hydrogen (secondary N) is 1. The first-order valence-corrected chi connectivity index (χ1v) is 11.7. The number of hydrogen-bond acceptors (Lipinski definition) is 6. The molecule has 0 aliphatic heterocycles. The Balaban J connectivity index is 1.46. The molecule has 0 aliphatic carbocycles. The maximum Gasteiger partial charge on any atom is 0.251 e. The first kappa shape index (κ1) is 24.9. The third-order valence-electron chi connectivity index (χ3n) is 6.04. The topological polar surface area (TPSA) is 83.8 Å². The van der Waals surface area contributed by atoms with E-state index >= 15 is 0 Å². The number of amides is 1. The Morgan fingerprint density at radius 3 is 2.22 bits per heavy atom. The zero-order chi connectivity index (χ0) is 25.5. The molecule has 1 aromatic heterocycles. The number of hydrogen-bond donors (Lipinski definition) is 1. The molecular weight excluding hydrogens is 458 g/mol. The van der Waals surface area contributed by atoms with Crippen molar-refractivity contribution >= 4 is 16.9 Å². The lowest BCUT2D eigenvalue weighted by Crippen LogP contribution is -2.25. The molecule has 0 spiro atoms. The monoisotopic (exact) mass is 489 g/mol. The molecule has 8 heteroatoms. The summed E-state index contributed by atoms with van der Waals surface area (Å²) in [5, 5.41) is 2.98. The van der Waals surface area contributed by atoms with Crippen molar-refractivity contribution in [1.82, 2.24) is 14.9 Å². The Bertz CT molecular complexity index is 1320. The minimum atomic E-state index is -0.211. The number of fused-ring (bicyclic) bond motifs is 1. The average molecular weight is 490 g/mol. The summed E-state index contributed by atoms with van der Waals surface area (Å²) in [6.07, 6.45) is 1.44. The van der Waals surface area contributed by atoms with E-state index in [0.29, 0.717) is 42.3 Å². The van der Waals surface area contributed by atoms with Crippen LogP contribution in [0.3, 0.4) is 0 Å².